The molecule has 1 nitrogen and oxygen atoms in total. The van der Waals surface area contributed by atoms with Gasteiger partial charge >= 0.3 is 0 Å². The Hall–Kier alpha value is -0.0400. The zero-order valence-corrected chi connectivity index (χ0v) is 34.6. The molecule has 0 aromatic rings. The molecule has 0 saturated carbocycles. The molecule has 0 heterocycles. The topological polar surface area (TPSA) is 3.24 Å². The molecule has 0 N–H and O–H groups in total. The van der Waals surface area contributed by atoms with Crippen molar-refractivity contribution < 1.29 is 0 Å². The second-order valence-electron chi connectivity index (χ2n) is 17.2. The van der Waals surface area contributed by atoms with Crippen LogP contribution in [0, 0.1) is 0 Å². The maximum Gasteiger partial charge on any atom is 0.0158 e. The highest BCUT2D eigenvalue weighted by molar-refractivity contribution is 4.92. The van der Waals surface area contributed by atoms with Crippen LogP contribution in [0.25, 0.3) is 0 Å². The van der Waals surface area contributed by atoms with Gasteiger partial charge in [0.1, 0.15) is 0 Å². The van der Waals surface area contributed by atoms with Crippen LogP contribution in [0.3, 0.4) is 0 Å². The van der Waals surface area contributed by atoms with Crippen molar-refractivity contribution in [3.63, 3.8) is 0 Å². The molecule has 0 unspecified atom stereocenters. The molecule has 0 aromatic heterocycles. The highest BCUT2D eigenvalue weighted by Gasteiger charge is 2.36. The van der Waals surface area contributed by atoms with Crippen molar-refractivity contribution in [3.8, 4) is 0 Å². The standard InChI is InChI=1S/C46H95N/c1-8-11-14-17-20-23-26-28-30-33-36-39-42-45(4,5)47(44-41-38-35-32-25-22-19-16-13-10-3)46(6,7)43-40-37-34-31-29-27-24-21-18-15-12-9-2/h8-44H2,1-7H3. The van der Waals surface area contributed by atoms with Gasteiger partial charge in [0.05, 0.1) is 0 Å². The molecule has 0 amide bonds. The lowest BCUT2D eigenvalue weighted by atomic mass is 9.85. The summed E-state index contributed by atoms with van der Waals surface area (Å²) in [4.78, 5) is 2.99. The fraction of sp³-hybridized carbons (Fsp3) is 1.00. The first-order valence-electron chi connectivity index (χ1n) is 22.6. The van der Waals surface area contributed by atoms with E-state index >= 15 is 0 Å². The molecule has 0 rings (SSSR count). The van der Waals surface area contributed by atoms with Crippen LogP contribution in [-0.2, 0) is 0 Å². The van der Waals surface area contributed by atoms with Gasteiger partial charge in [-0.25, -0.2) is 0 Å². The number of hydrogen-bond donors (Lipinski definition) is 0. The van der Waals surface area contributed by atoms with Crippen molar-refractivity contribution >= 4 is 0 Å². The molecule has 0 aliphatic carbocycles. The van der Waals surface area contributed by atoms with Crippen molar-refractivity contribution in [1.82, 2.24) is 4.90 Å². The normalized spacial score (nSPS) is 12.5. The monoisotopic (exact) mass is 662 g/mol. The van der Waals surface area contributed by atoms with E-state index in [1.807, 2.05) is 0 Å². The fourth-order valence-corrected chi connectivity index (χ4v) is 8.25. The van der Waals surface area contributed by atoms with Gasteiger partial charge < -0.3 is 0 Å². The van der Waals surface area contributed by atoms with E-state index in [0.29, 0.717) is 11.1 Å². The largest absolute Gasteiger partial charge is 0.293 e. The molecule has 47 heavy (non-hydrogen) atoms. The maximum atomic E-state index is 2.99. The SMILES string of the molecule is CCCCCCCCCCCCCCC(C)(C)N(CCCCCCCCCCCC)C(C)(C)CCCCCCCCCCCCCC. The summed E-state index contributed by atoms with van der Waals surface area (Å²) >= 11 is 0. The molecule has 0 radical (unpaired) electrons. The lowest BCUT2D eigenvalue weighted by Gasteiger charge is -2.49. The van der Waals surface area contributed by atoms with E-state index in [0.717, 1.165) is 0 Å². The Morgan fingerprint density at radius 3 is 0.681 bits per heavy atom. The highest BCUT2D eigenvalue weighted by Crippen LogP contribution is 2.34. The molecule has 0 fully saturated rings. The van der Waals surface area contributed by atoms with E-state index in [1.165, 1.54) is 238 Å². The van der Waals surface area contributed by atoms with Crippen LogP contribution in [0.4, 0.5) is 0 Å². The summed E-state index contributed by atoms with van der Waals surface area (Å²) in [5.74, 6) is 0. The van der Waals surface area contributed by atoms with E-state index in [9.17, 15) is 0 Å². The minimum Gasteiger partial charge on any atom is -0.293 e. The van der Waals surface area contributed by atoms with E-state index in [4.69, 9.17) is 0 Å². The Morgan fingerprint density at radius 1 is 0.255 bits per heavy atom. The van der Waals surface area contributed by atoms with Crippen LogP contribution in [0.15, 0.2) is 0 Å². The Kier molecular flexibility index (Phi) is 34.4. The smallest absolute Gasteiger partial charge is 0.0158 e. The number of unbranched alkanes of at least 4 members (excludes halogenated alkanes) is 31. The Morgan fingerprint density at radius 2 is 0.447 bits per heavy atom. The third-order valence-corrected chi connectivity index (χ3v) is 11.5. The summed E-state index contributed by atoms with van der Waals surface area (Å²) in [6.45, 7) is 18.6. The number of rotatable bonds is 39. The predicted octanol–water partition coefficient (Wildman–Crippen LogP) is 16.9. The first-order valence-corrected chi connectivity index (χ1v) is 22.6. The third-order valence-electron chi connectivity index (χ3n) is 11.5. The van der Waals surface area contributed by atoms with Crippen molar-refractivity contribution in [2.75, 3.05) is 6.54 Å². The minimum atomic E-state index is 0.304. The molecule has 0 bridgehead atoms. The molecule has 0 aliphatic rings. The zero-order valence-electron chi connectivity index (χ0n) is 34.6. The zero-order chi connectivity index (χ0) is 34.7. The molecular formula is C46H95N. The van der Waals surface area contributed by atoms with Crippen LogP contribution in [0.2, 0.25) is 0 Å². The molecule has 0 aliphatic heterocycles. The van der Waals surface area contributed by atoms with E-state index in [-0.39, 0.29) is 0 Å². The van der Waals surface area contributed by atoms with Gasteiger partial charge in [-0.2, -0.15) is 0 Å². The summed E-state index contributed by atoms with van der Waals surface area (Å²) in [7, 11) is 0. The highest BCUT2D eigenvalue weighted by atomic mass is 15.2. The molecule has 0 aromatic carbocycles. The van der Waals surface area contributed by atoms with Gasteiger partial charge in [-0.15, -0.1) is 0 Å². The first kappa shape index (κ1) is 47.0. The average molecular weight is 662 g/mol. The summed E-state index contributed by atoms with van der Waals surface area (Å²) < 4.78 is 0. The van der Waals surface area contributed by atoms with Crippen molar-refractivity contribution in [2.45, 2.75) is 291 Å². The summed E-state index contributed by atoms with van der Waals surface area (Å²) in [6.07, 6.45) is 51.8. The third kappa shape index (κ3) is 30.5. The molecule has 1 heteroatoms. The van der Waals surface area contributed by atoms with E-state index in [2.05, 4.69) is 53.4 Å². The van der Waals surface area contributed by atoms with Crippen LogP contribution in [0.5, 0.6) is 0 Å². The van der Waals surface area contributed by atoms with Crippen molar-refractivity contribution in [3.05, 3.63) is 0 Å². The van der Waals surface area contributed by atoms with Gasteiger partial charge in [0.15, 0.2) is 0 Å². The Bertz CT molecular complexity index is 552. The van der Waals surface area contributed by atoms with E-state index in [1.54, 1.807) is 0 Å². The summed E-state index contributed by atoms with van der Waals surface area (Å²) in [5, 5.41) is 0. The van der Waals surface area contributed by atoms with Crippen molar-refractivity contribution in [2.24, 2.45) is 0 Å². The predicted molar refractivity (Wildman–Crippen MR) is 218 cm³/mol. The van der Waals surface area contributed by atoms with Crippen molar-refractivity contribution in [1.29, 1.82) is 0 Å². The van der Waals surface area contributed by atoms with Crippen LogP contribution < -0.4 is 0 Å². The van der Waals surface area contributed by atoms with Crippen LogP contribution in [-0.4, -0.2) is 22.5 Å². The second-order valence-corrected chi connectivity index (χ2v) is 17.2. The average Bonchev–Trinajstić information content (AvgIpc) is 3.04. The Balaban J connectivity index is 4.52. The fourth-order valence-electron chi connectivity index (χ4n) is 8.25. The Labute approximate surface area is 301 Å². The number of hydrogen-bond acceptors (Lipinski definition) is 1. The van der Waals surface area contributed by atoms with Gasteiger partial charge in [0.25, 0.3) is 0 Å². The maximum absolute atomic E-state index is 2.99. The molecule has 0 saturated heterocycles. The van der Waals surface area contributed by atoms with E-state index < -0.39 is 0 Å². The second kappa shape index (κ2) is 34.4. The summed E-state index contributed by atoms with van der Waals surface area (Å²) in [6, 6.07) is 0. The van der Waals surface area contributed by atoms with Crippen LogP contribution in [0.1, 0.15) is 280 Å². The number of nitrogens with zero attached hydrogens (tertiary/aromatic N) is 1. The molecule has 0 atom stereocenters. The first-order chi connectivity index (χ1) is 22.8. The molecule has 284 valence electrons. The van der Waals surface area contributed by atoms with Gasteiger partial charge in [0, 0.05) is 11.1 Å². The lowest BCUT2D eigenvalue weighted by Crippen LogP contribution is -2.55. The van der Waals surface area contributed by atoms with Gasteiger partial charge in [-0.3, -0.25) is 4.90 Å². The lowest BCUT2D eigenvalue weighted by molar-refractivity contribution is 0.00151. The van der Waals surface area contributed by atoms with Gasteiger partial charge in [0.2, 0.25) is 0 Å². The van der Waals surface area contributed by atoms with Gasteiger partial charge in [-0.1, -0.05) is 233 Å². The summed E-state index contributed by atoms with van der Waals surface area (Å²) in [5.41, 5.74) is 0.608. The quantitative estimate of drug-likeness (QED) is 0.0593. The molecular weight excluding hydrogens is 567 g/mol. The molecule has 0 spiro atoms. The van der Waals surface area contributed by atoms with Gasteiger partial charge in [-0.05, 0) is 53.5 Å². The minimum absolute atomic E-state index is 0.304. The van der Waals surface area contributed by atoms with Crippen LogP contribution >= 0.6 is 0 Å².